The third kappa shape index (κ3) is 13.2. The summed E-state index contributed by atoms with van der Waals surface area (Å²) in [7, 11) is 0. The number of aromatic nitrogens is 1. The summed E-state index contributed by atoms with van der Waals surface area (Å²) in [6.07, 6.45) is 3.54. The van der Waals surface area contributed by atoms with E-state index < -0.39 is 71.6 Å². The van der Waals surface area contributed by atoms with E-state index in [1.165, 1.54) is 11.8 Å². The van der Waals surface area contributed by atoms with Crippen LogP contribution in [0.25, 0.3) is 10.9 Å². The number of thioether (sulfide) groups is 1. The number of fused-ring (bicyclic) bond motifs is 1. The van der Waals surface area contributed by atoms with Gasteiger partial charge in [-0.1, -0.05) is 62.4 Å². The minimum atomic E-state index is -1.33. The van der Waals surface area contributed by atoms with Gasteiger partial charge in [0.1, 0.15) is 30.2 Å². The number of carbonyl (C=O) groups is 7. The maximum atomic E-state index is 14.2. The van der Waals surface area contributed by atoms with E-state index in [0.717, 1.165) is 16.5 Å². The Balaban J connectivity index is 1.74. The molecular weight excluding hydrogens is 725 g/mol. The molecule has 0 saturated carbocycles. The maximum Gasteiger partial charge on any atom is 0.243 e. The van der Waals surface area contributed by atoms with E-state index in [1.54, 1.807) is 18.3 Å². The summed E-state index contributed by atoms with van der Waals surface area (Å²) in [5, 5.41) is 17.3. The molecule has 2 heterocycles. The van der Waals surface area contributed by atoms with Gasteiger partial charge in [-0.25, -0.2) is 0 Å². The summed E-state index contributed by atoms with van der Waals surface area (Å²) < 4.78 is 0. The Kier molecular flexibility index (Phi) is 16.1. The molecule has 16 heteroatoms. The number of nitrogens with one attached hydrogen (secondary N) is 7. The highest BCUT2D eigenvalue weighted by Gasteiger charge is 2.33. The number of H-pyrrole nitrogens is 1. The van der Waals surface area contributed by atoms with E-state index in [2.05, 4.69) is 36.9 Å². The van der Waals surface area contributed by atoms with E-state index in [4.69, 9.17) is 5.73 Å². The number of para-hydroxylation sites is 1. The first-order valence-corrected chi connectivity index (χ1v) is 19.9. The number of hydrogen-bond acceptors (Lipinski definition) is 8. The van der Waals surface area contributed by atoms with Crippen LogP contribution in [-0.4, -0.2) is 95.1 Å². The molecule has 1 aliphatic heterocycles. The SMILES string of the molecule is CSCCC1NC(=O)C(CC(C)C)NC(=O)CCNC(=O)[C@H](Cc2ccccc2)NC(=O)[C@H](Cc2c[nH]c3ccccc23)NC(=O)C(CCC(N)=O)NC1=O. The fourth-order valence-electron chi connectivity index (χ4n) is 6.33. The lowest BCUT2D eigenvalue weighted by Gasteiger charge is -2.27. The molecule has 1 fully saturated rings. The van der Waals surface area contributed by atoms with Gasteiger partial charge < -0.3 is 42.6 Å². The van der Waals surface area contributed by atoms with Crippen LogP contribution in [0, 0.1) is 5.92 Å². The Bertz CT molecular complexity index is 1820. The first-order valence-electron chi connectivity index (χ1n) is 18.5. The van der Waals surface area contributed by atoms with Crippen LogP contribution in [0.3, 0.4) is 0 Å². The summed E-state index contributed by atoms with van der Waals surface area (Å²) in [5.41, 5.74) is 7.72. The van der Waals surface area contributed by atoms with Crippen molar-refractivity contribution < 1.29 is 33.6 Å². The quantitative estimate of drug-likeness (QED) is 0.132. The molecule has 0 spiro atoms. The van der Waals surface area contributed by atoms with Crippen molar-refractivity contribution in [3.8, 4) is 0 Å². The van der Waals surface area contributed by atoms with Crippen LogP contribution in [0.1, 0.15) is 57.1 Å². The summed E-state index contributed by atoms with van der Waals surface area (Å²) in [6, 6.07) is 10.7. The van der Waals surface area contributed by atoms with E-state index >= 15 is 0 Å². The molecule has 7 amide bonds. The van der Waals surface area contributed by atoms with Gasteiger partial charge in [0, 0.05) is 49.3 Å². The largest absolute Gasteiger partial charge is 0.370 e. The molecule has 2 aromatic carbocycles. The van der Waals surface area contributed by atoms with Gasteiger partial charge in [0.2, 0.25) is 41.4 Å². The number of hydrogen-bond donors (Lipinski definition) is 8. The number of nitrogens with two attached hydrogens (primary N) is 1. The van der Waals surface area contributed by atoms with Gasteiger partial charge in [-0.2, -0.15) is 11.8 Å². The lowest BCUT2D eigenvalue weighted by Crippen LogP contribution is -2.59. The van der Waals surface area contributed by atoms with E-state index in [0.29, 0.717) is 11.3 Å². The Morgan fingerprint density at radius 1 is 0.727 bits per heavy atom. The second kappa shape index (κ2) is 20.9. The van der Waals surface area contributed by atoms with Gasteiger partial charge in [-0.3, -0.25) is 33.6 Å². The fraction of sp³-hybridized carbons (Fsp3) is 0.462. The van der Waals surface area contributed by atoms with Gasteiger partial charge in [0.05, 0.1) is 0 Å². The average molecular weight is 777 g/mol. The van der Waals surface area contributed by atoms with Crippen LogP contribution < -0.4 is 37.6 Å². The molecule has 3 unspecified atom stereocenters. The second-order valence-electron chi connectivity index (χ2n) is 14.1. The van der Waals surface area contributed by atoms with Crippen molar-refractivity contribution in [3.63, 3.8) is 0 Å². The van der Waals surface area contributed by atoms with Crippen LogP contribution in [0.15, 0.2) is 60.8 Å². The lowest BCUT2D eigenvalue weighted by atomic mass is 10.0. The topological polar surface area (TPSA) is 233 Å². The first-order chi connectivity index (χ1) is 26.3. The highest BCUT2D eigenvalue weighted by atomic mass is 32.2. The van der Waals surface area contributed by atoms with Crippen molar-refractivity contribution in [1.29, 1.82) is 0 Å². The second-order valence-corrected chi connectivity index (χ2v) is 15.1. The zero-order chi connectivity index (χ0) is 39.9. The molecule has 296 valence electrons. The van der Waals surface area contributed by atoms with Crippen LogP contribution in [-0.2, 0) is 46.4 Å². The third-order valence-corrected chi connectivity index (χ3v) is 9.86. The standard InChI is InChI=1S/C39H52N8O7S/c1-23(2)19-30-38(53)45-29(16-18-55-3)37(52)44-28(13-14-33(40)48)36(51)47-32(21-25-22-42-27-12-8-7-11-26(25)27)39(54)46-31(20-24-9-5-4-6-10-24)35(50)41-17-15-34(49)43-30/h4-12,22-23,28-32,42H,13-21H2,1-3H3,(H2,40,48)(H,41,50)(H,43,49)(H,44,52)(H,45,53)(H,46,54)(H,47,51)/t28?,29?,30?,31-,32-/m0/s1. The Labute approximate surface area is 324 Å². The van der Waals surface area contributed by atoms with Crippen LogP contribution >= 0.6 is 11.8 Å². The van der Waals surface area contributed by atoms with E-state index in [-0.39, 0.29) is 57.4 Å². The molecule has 55 heavy (non-hydrogen) atoms. The predicted molar refractivity (Wildman–Crippen MR) is 210 cm³/mol. The van der Waals surface area contributed by atoms with Gasteiger partial charge in [0.25, 0.3) is 0 Å². The lowest BCUT2D eigenvalue weighted by molar-refractivity contribution is -0.135. The minimum Gasteiger partial charge on any atom is -0.370 e. The summed E-state index contributed by atoms with van der Waals surface area (Å²) in [5.74, 6) is -3.99. The highest BCUT2D eigenvalue weighted by molar-refractivity contribution is 7.98. The monoisotopic (exact) mass is 776 g/mol. The molecule has 1 aliphatic rings. The highest BCUT2D eigenvalue weighted by Crippen LogP contribution is 2.20. The van der Waals surface area contributed by atoms with Gasteiger partial charge in [-0.05, 0) is 54.4 Å². The third-order valence-electron chi connectivity index (χ3n) is 9.21. The van der Waals surface area contributed by atoms with E-state index in [9.17, 15) is 33.6 Å². The van der Waals surface area contributed by atoms with Crippen LogP contribution in [0.2, 0.25) is 0 Å². The maximum absolute atomic E-state index is 14.2. The molecule has 3 aromatic rings. The number of benzene rings is 2. The molecule has 0 radical (unpaired) electrons. The van der Waals surface area contributed by atoms with Crippen molar-refractivity contribution in [2.45, 2.75) is 89.0 Å². The Morgan fingerprint density at radius 3 is 1.96 bits per heavy atom. The molecule has 5 atom stereocenters. The molecule has 1 aromatic heterocycles. The number of rotatable bonds is 12. The average Bonchev–Trinajstić information content (AvgIpc) is 3.56. The Hall–Kier alpha value is -5.38. The number of aromatic amines is 1. The summed E-state index contributed by atoms with van der Waals surface area (Å²) in [6.45, 7) is 3.69. The van der Waals surface area contributed by atoms with Crippen LogP contribution in [0.4, 0.5) is 0 Å². The molecule has 15 nitrogen and oxygen atoms in total. The Morgan fingerprint density at radius 2 is 1.31 bits per heavy atom. The smallest absolute Gasteiger partial charge is 0.243 e. The van der Waals surface area contributed by atoms with E-state index in [1.807, 2.05) is 62.6 Å². The molecule has 1 saturated heterocycles. The van der Waals surface area contributed by atoms with Gasteiger partial charge in [-0.15, -0.1) is 0 Å². The zero-order valence-corrected chi connectivity index (χ0v) is 32.3. The molecule has 9 N–H and O–H groups in total. The van der Waals surface area contributed by atoms with Crippen molar-refractivity contribution >= 4 is 64.0 Å². The first kappa shape index (κ1) is 42.4. The molecule has 4 rings (SSSR count). The fourth-order valence-corrected chi connectivity index (χ4v) is 6.80. The van der Waals surface area contributed by atoms with Crippen molar-refractivity contribution in [1.82, 2.24) is 36.9 Å². The molecule has 0 bridgehead atoms. The molecular formula is C39H52N8O7S. The van der Waals surface area contributed by atoms with Crippen molar-refractivity contribution in [3.05, 3.63) is 71.9 Å². The predicted octanol–water partition coefficient (Wildman–Crippen LogP) is 0.962. The van der Waals surface area contributed by atoms with Gasteiger partial charge >= 0.3 is 0 Å². The van der Waals surface area contributed by atoms with Gasteiger partial charge in [0.15, 0.2) is 0 Å². The summed E-state index contributed by atoms with van der Waals surface area (Å²) >= 11 is 1.45. The molecule has 0 aliphatic carbocycles. The van der Waals surface area contributed by atoms with Crippen molar-refractivity contribution in [2.24, 2.45) is 11.7 Å². The van der Waals surface area contributed by atoms with Crippen molar-refractivity contribution in [2.75, 3.05) is 18.6 Å². The number of amides is 7. The number of primary amides is 1. The zero-order valence-electron chi connectivity index (χ0n) is 31.4. The summed E-state index contributed by atoms with van der Waals surface area (Å²) in [4.78, 5) is 97.7. The normalized spacial score (nSPS) is 22.3. The minimum absolute atomic E-state index is 0.00155. The van der Waals surface area contributed by atoms with Crippen LogP contribution in [0.5, 0.6) is 0 Å². The number of carbonyl (C=O) groups excluding carboxylic acids is 7.